The number of hydrogen-bond acceptors (Lipinski definition) is 3. The fourth-order valence-corrected chi connectivity index (χ4v) is 3.97. The fraction of sp³-hybridized carbons (Fsp3) is 0.381. The van der Waals surface area contributed by atoms with Gasteiger partial charge in [0.05, 0.1) is 4.90 Å². The molecule has 0 aliphatic rings. The molecule has 0 saturated carbocycles. The fourth-order valence-electron chi connectivity index (χ4n) is 2.61. The van der Waals surface area contributed by atoms with E-state index in [1.165, 1.54) is 16.4 Å². The third-order valence-electron chi connectivity index (χ3n) is 4.63. The van der Waals surface area contributed by atoms with E-state index in [9.17, 15) is 12.8 Å². The van der Waals surface area contributed by atoms with Gasteiger partial charge in [0.2, 0.25) is 10.0 Å². The van der Waals surface area contributed by atoms with E-state index in [4.69, 9.17) is 0 Å². The van der Waals surface area contributed by atoms with Crippen molar-refractivity contribution < 1.29 is 12.8 Å². The number of benzene rings is 2. The summed E-state index contributed by atoms with van der Waals surface area (Å²) >= 11 is 0. The summed E-state index contributed by atoms with van der Waals surface area (Å²) in [5.74, 6) is 0.400. The highest BCUT2D eigenvalue weighted by molar-refractivity contribution is 7.89. The van der Waals surface area contributed by atoms with Crippen LogP contribution in [-0.4, -0.2) is 45.4 Å². The van der Waals surface area contributed by atoms with Crippen LogP contribution in [-0.2, 0) is 23.0 Å². The Kier molecular flexibility index (Phi) is 8.16. The zero-order chi connectivity index (χ0) is 21.4. The summed E-state index contributed by atoms with van der Waals surface area (Å²) < 4.78 is 39.3. The second-order valence-corrected chi connectivity index (χ2v) is 8.99. The molecule has 158 valence electrons. The van der Waals surface area contributed by atoms with Gasteiger partial charge >= 0.3 is 0 Å². The van der Waals surface area contributed by atoms with E-state index in [1.54, 1.807) is 50.5 Å². The Morgan fingerprint density at radius 2 is 1.62 bits per heavy atom. The van der Waals surface area contributed by atoms with Gasteiger partial charge in [-0.15, -0.1) is 0 Å². The zero-order valence-electron chi connectivity index (χ0n) is 17.3. The van der Waals surface area contributed by atoms with Crippen LogP contribution in [0.1, 0.15) is 25.0 Å². The summed E-state index contributed by atoms with van der Waals surface area (Å²) in [6.45, 7) is 4.84. The molecule has 0 fully saturated rings. The molecule has 0 spiro atoms. The average Bonchev–Trinajstić information content (AvgIpc) is 2.71. The normalized spacial score (nSPS) is 12.4. The smallest absolute Gasteiger partial charge is 0.243 e. The molecular weight excluding hydrogens is 391 g/mol. The van der Waals surface area contributed by atoms with E-state index >= 15 is 0 Å². The molecule has 0 amide bonds. The van der Waals surface area contributed by atoms with Crippen LogP contribution in [0, 0.1) is 5.82 Å². The monoisotopic (exact) mass is 420 g/mol. The molecule has 29 heavy (non-hydrogen) atoms. The molecular formula is C21H29FN4O2S. The third-order valence-corrected chi connectivity index (χ3v) is 6.68. The van der Waals surface area contributed by atoms with Crippen LogP contribution in [0.25, 0.3) is 0 Å². The number of rotatable bonds is 8. The number of hydrogen-bond donors (Lipinski definition) is 2. The maximum Gasteiger partial charge on any atom is 0.243 e. The standard InChI is InChI=1S/C21H29FN4O2S/c1-16(2)26(4)29(27,28)20-11-7-18(8-12-20)15-25-21(23-3)24-14-13-17-5-9-19(22)10-6-17/h5-12,16H,13-15H2,1-4H3,(H2,23,24,25). The van der Waals surface area contributed by atoms with Gasteiger partial charge in [-0.05, 0) is 55.7 Å². The number of guanidine groups is 1. The molecule has 0 bridgehead atoms. The van der Waals surface area contributed by atoms with Gasteiger partial charge in [-0.25, -0.2) is 12.8 Å². The van der Waals surface area contributed by atoms with E-state index in [-0.39, 0.29) is 16.8 Å². The first-order valence-corrected chi connectivity index (χ1v) is 10.9. The topological polar surface area (TPSA) is 73.8 Å². The lowest BCUT2D eigenvalue weighted by molar-refractivity contribution is 0.410. The predicted molar refractivity (Wildman–Crippen MR) is 115 cm³/mol. The molecule has 0 heterocycles. The van der Waals surface area contributed by atoms with Crippen molar-refractivity contribution in [3.8, 4) is 0 Å². The Bertz CT molecular complexity index is 911. The van der Waals surface area contributed by atoms with Gasteiger partial charge in [0, 0.05) is 33.2 Å². The number of nitrogens with zero attached hydrogens (tertiary/aromatic N) is 2. The lowest BCUT2D eigenvalue weighted by Crippen LogP contribution is -2.37. The Labute approximate surface area is 172 Å². The number of nitrogens with one attached hydrogen (secondary N) is 2. The average molecular weight is 421 g/mol. The summed E-state index contributed by atoms with van der Waals surface area (Å²) in [7, 11) is -0.213. The first-order valence-electron chi connectivity index (χ1n) is 9.50. The summed E-state index contributed by atoms with van der Waals surface area (Å²) in [6.07, 6.45) is 0.747. The van der Waals surface area contributed by atoms with E-state index in [0.717, 1.165) is 17.5 Å². The molecule has 0 aromatic heterocycles. The molecule has 2 N–H and O–H groups in total. The predicted octanol–water partition coefficient (Wildman–Crippen LogP) is 2.76. The maximum atomic E-state index is 12.9. The Morgan fingerprint density at radius 3 is 2.17 bits per heavy atom. The van der Waals surface area contributed by atoms with E-state index in [0.29, 0.717) is 19.0 Å². The van der Waals surface area contributed by atoms with Gasteiger partial charge in [-0.3, -0.25) is 4.99 Å². The molecule has 0 radical (unpaired) electrons. The molecule has 0 aliphatic heterocycles. The Hall–Kier alpha value is -2.45. The Morgan fingerprint density at radius 1 is 1.03 bits per heavy atom. The summed E-state index contributed by atoms with van der Waals surface area (Å²) in [6, 6.07) is 13.1. The minimum atomic E-state index is -3.48. The molecule has 0 saturated heterocycles. The van der Waals surface area contributed by atoms with E-state index in [1.807, 2.05) is 13.8 Å². The first-order chi connectivity index (χ1) is 13.7. The molecule has 2 aromatic carbocycles. The summed E-state index contributed by atoms with van der Waals surface area (Å²) in [4.78, 5) is 4.46. The summed E-state index contributed by atoms with van der Waals surface area (Å²) in [5, 5.41) is 6.41. The largest absolute Gasteiger partial charge is 0.356 e. The van der Waals surface area contributed by atoms with Crippen molar-refractivity contribution in [2.45, 2.75) is 37.8 Å². The highest BCUT2D eigenvalue weighted by atomic mass is 32.2. The van der Waals surface area contributed by atoms with Crippen molar-refractivity contribution in [1.82, 2.24) is 14.9 Å². The van der Waals surface area contributed by atoms with Crippen LogP contribution in [0.15, 0.2) is 58.4 Å². The molecule has 0 atom stereocenters. The van der Waals surface area contributed by atoms with Gasteiger partial charge in [-0.1, -0.05) is 24.3 Å². The van der Waals surface area contributed by atoms with Crippen molar-refractivity contribution >= 4 is 16.0 Å². The molecule has 2 aromatic rings. The second kappa shape index (κ2) is 10.4. The van der Waals surface area contributed by atoms with Crippen LogP contribution >= 0.6 is 0 Å². The van der Waals surface area contributed by atoms with Crippen LogP contribution in [0.2, 0.25) is 0 Å². The second-order valence-electron chi connectivity index (χ2n) is 6.99. The minimum Gasteiger partial charge on any atom is -0.356 e. The lowest BCUT2D eigenvalue weighted by Gasteiger charge is -2.21. The molecule has 6 nitrogen and oxygen atoms in total. The number of sulfonamides is 1. The van der Waals surface area contributed by atoms with E-state index < -0.39 is 10.0 Å². The van der Waals surface area contributed by atoms with Crippen molar-refractivity contribution in [2.75, 3.05) is 20.6 Å². The van der Waals surface area contributed by atoms with Gasteiger partial charge < -0.3 is 10.6 Å². The zero-order valence-corrected chi connectivity index (χ0v) is 18.1. The van der Waals surface area contributed by atoms with Crippen LogP contribution in [0.5, 0.6) is 0 Å². The Balaban J connectivity index is 1.87. The lowest BCUT2D eigenvalue weighted by atomic mass is 10.1. The quantitative estimate of drug-likeness (QED) is 0.509. The van der Waals surface area contributed by atoms with Crippen molar-refractivity contribution in [2.24, 2.45) is 4.99 Å². The van der Waals surface area contributed by atoms with Crippen LogP contribution in [0.3, 0.4) is 0 Å². The van der Waals surface area contributed by atoms with Crippen molar-refractivity contribution in [1.29, 1.82) is 0 Å². The van der Waals surface area contributed by atoms with Gasteiger partial charge in [-0.2, -0.15) is 4.31 Å². The van der Waals surface area contributed by atoms with Gasteiger partial charge in [0.1, 0.15) is 5.82 Å². The molecule has 8 heteroatoms. The molecule has 0 aliphatic carbocycles. The minimum absolute atomic E-state index is 0.106. The third kappa shape index (κ3) is 6.54. The van der Waals surface area contributed by atoms with Gasteiger partial charge in [0.15, 0.2) is 5.96 Å². The maximum absolute atomic E-state index is 12.9. The van der Waals surface area contributed by atoms with Gasteiger partial charge in [0.25, 0.3) is 0 Å². The number of halogens is 1. The molecule has 2 rings (SSSR count). The first kappa shape index (κ1) is 22.8. The van der Waals surface area contributed by atoms with E-state index in [2.05, 4.69) is 15.6 Å². The van der Waals surface area contributed by atoms with Crippen molar-refractivity contribution in [3.63, 3.8) is 0 Å². The highest BCUT2D eigenvalue weighted by Gasteiger charge is 2.22. The number of aliphatic imine (C=N–C) groups is 1. The SMILES string of the molecule is CN=C(NCCc1ccc(F)cc1)NCc1ccc(S(=O)(=O)N(C)C(C)C)cc1. The molecule has 0 unspecified atom stereocenters. The highest BCUT2D eigenvalue weighted by Crippen LogP contribution is 2.17. The van der Waals surface area contributed by atoms with Crippen LogP contribution < -0.4 is 10.6 Å². The van der Waals surface area contributed by atoms with Crippen molar-refractivity contribution in [3.05, 3.63) is 65.5 Å². The van der Waals surface area contributed by atoms with Crippen LogP contribution in [0.4, 0.5) is 4.39 Å². The summed E-state index contributed by atoms with van der Waals surface area (Å²) in [5.41, 5.74) is 1.98.